The Bertz CT molecular complexity index is 382. The van der Waals surface area contributed by atoms with Crippen molar-refractivity contribution in [2.45, 2.75) is 38.7 Å². The van der Waals surface area contributed by atoms with Gasteiger partial charge in [0.1, 0.15) is 0 Å². The Labute approximate surface area is 123 Å². The fourth-order valence-corrected chi connectivity index (χ4v) is 2.70. The lowest BCUT2D eigenvalue weighted by atomic mass is 10.00. The van der Waals surface area contributed by atoms with Crippen molar-refractivity contribution in [1.82, 2.24) is 10.2 Å². The van der Waals surface area contributed by atoms with Gasteiger partial charge in [-0.15, -0.1) is 0 Å². The summed E-state index contributed by atoms with van der Waals surface area (Å²) in [5, 5.41) is 13.5. The van der Waals surface area contributed by atoms with Crippen molar-refractivity contribution < 1.29 is 5.11 Å². The van der Waals surface area contributed by atoms with Crippen LogP contribution in [0.1, 0.15) is 49.8 Å². The first-order valence-corrected chi connectivity index (χ1v) is 7.88. The van der Waals surface area contributed by atoms with Crippen LogP contribution in [0.3, 0.4) is 0 Å². The highest BCUT2D eigenvalue weighted by Gasteiger charge is 2.11. The Morgan fingerprint density at radius 1 is 1.10 bits per heavy atom. The Morgan fingerprint density at radius 2 is 1.70 bits per heavy atom. The molecular formula is C17H28N2O. The van der Waals surface area contributed by atoms with Gasteiger partial charge in [0.05, 0.1) is 6.10 Å². The number of likely N-dealkylation sites (tertiary alicyclic amines) is 1. The van der Waals surface area contributed by atoms with E-state index in [1.807, 2.05) is 12.1 Å². The molecule has 0 saturated carbocycles. The molecule has 20 heavy (non-hydrogen) atoms. The summed E-state index contributed by atoms with van der Waals surface area (Å²) in [6, 6.07) is 8.32. The third-order valence-electron chi connectivity index (χ3n) is 4.13. The van der Waals surface area contributed by atoms with Crippen LogP contribution in [0, 0.1) is 0 Å². The molecule has 1 heterocycles. The maximum absolute atomic E-state index is 10.2. The molecule has 1 atom stereocenters. The predicted octanol–water partition coefficient (Wildman–Crippen LogP) is 2.53. The average molecular weight is 276 g/mol. The van der Waals surface area contributed by atoms with Crippen LogP contribution < -0.4 is 5.32 Å². The van der Waals surface area contributed by atoms with Crippen molar-refractivity contribution in [2.24, 2.45) is 0 Å². The standard InChI is InChI=1S/C17H28N2O/c1-14(2)15-5-7-16(8-6-15)17(20)13-18-9-12-19-10-3-4-11-19/h5-8,14,17-18,20H,3-4,9-13H2,1-2H3. The first kappa shape index (κ1) is 15.5. The van der Waals surface area contributed by atoms with Gasteiger partial charge in [-0.05, 0) is 43.0 Å². The Hall–Kier alpha value is -0.900. The van der Waals surface area contributed by atoms with Gasteiger partial charge >= 0.3 is 0 Å². The van der Waals surface area contributed by atoms with Crippen LogP contribution in [0.25, 0.3) is 0 Å². The van der Waals surface area contributed by atoms with Crippen LogP contribution in [0.5, 0.6) is 0 Å². The molecule has 0 bridgehead atoms. The van der Waals surface area contributed by atoms with E-state index in [1.54, 1.807) is 0 Å². The fraction of sp³-hybridized carbons (Fsp3) is 0.647. The molecule has 0 amide bonds. The van der Waals surface area contributed by atoms with E-state index >= 15 is 0 Å². The summed E-state index contributed by atoms with van der Waals surface area (Å²) in [7, 11) is 0. The van der Waals surface area contributed by atoms with E-state index in [2.05, 4.69) is 36.2 Å². The molecule has 1 aromatic rings. The number of hydrogen-bond acceptors (Lipinski definition) is 3. The maximum atomic E-state index is 10.2. The topological polar surface area (TPSA) is 35.5 Å². The van der Waals surface area contributed by atoms with Crippen molar-refractivity contribution >= 4 is 0 Å². The molecule has 2 rings (SSSR count). The quantitative estimate of drug-likeness (QED) is 0.751. The van der Waals surface area contributed by atoms with E-state index in [-0.39, 0.29) is 0 Å². The van der Waals surface area contributed by atoms with Gasteiger partial charge in [-0.2, -0.15) is 0 Å². The fourth-order valence-electron chi connectivity index (χ4n) is 2.70. The Balaban J connectivity index is 1.69. The third-order valence-corrected chi connectivity index (χ3v) is 4.13. The summed E-state index contributed by atoms with van der Waals surface area (Å²) < 4.78 is 0. The number of aliphatic hydroxyl groups is 1. The van der Waals surface area contributed by atoms with Gasteiger partial charge in [-0.1, -0.05) is 38.1 Å². The second-order valence-electron chi connectivity index (χ2n) is 6.09. The monoisotopic (exact) mass is 276 g/mol. The molecule has 0 aromatic heterocycles. The van der Waals surface area contributed by atoms with E-state index in [0.717, 1.165) is 18.7 Å². The highest BCUT2D eigenvalue weighted by atomic mass is 16.3. The van der Waals surface area contributed by atoms with Gasteiger partial charge in [0.2, 0.25) is 0 Å². The lowest BCUT2D eigenvalue weighted by molar-refractivity contribution is 0.173. The van der Waals surface area contributed by atoms with Gasteiger partial charge in [-0.3, -0.25) is 0 Å². The van der Waals surface area contributed by atoms with Crippen LogP contribution in [0.15, 0.2) is 24.3 Å². The van der Waals surface area contributed by atoms with Crippen molar-refractivity contribution in [1.29, 1.82) is 0 Å². The van der Waals surface area contributed by atoms with Gasteiger partial charge in [0, 0.05) is 19.6 Å². The molecule has 1 aromatic carbocycles. The molecule has 112 valence electrons. The molecule has 3 heteroatoms. The minimum absolute atomic E-state index is 0.408. The van der Waals surface area contributed by atoms with Crippen LogP contribution in [0.2, 0.25) is 0 Å². The molecule has 1 aliphatic heterocycles. The lowest BCUT2D eigenvalue weighted by Gasteiger charge is -2.17. The highest BCUT2D eigenvalue weighted by Crippen LogP contribution is 2.18. The molecular weight excluding hydrogens is 248 g/mol. The normalized spacial score (nSPS) is 17.8. The van der Waals surface area contributed by atoms with Gasteiger partial charge < -0.3 is 15.3 Å². The highest BCUT2D eigenvalue weighted by molar-refractivity contribution is 5.26. The summed E-state index contributed by atoms with van der Waals surface area (Å²) in [4.78, 5) is 2.48. The van der Waals surface area contributed by atoms with E-state index in [1.165, 1.54) is 31.5 Å². The number of rotatable bonds is 7. The van der Waals surface area contributed by atoms with E-state index in [4.69, 9.17) is 0 Å². The Kier molecular flexibility index (Phi) is 6.02. The summed E-state index contributed by atoms with van der Waals surface area (Å²) in [6.45, 7) is 9.54. The molecule has 2 N–H and O–H groups in total. The largest absolute Gasteiger partial charge is 0.387 e. The minimum atomic E-state index is -0.408. The first-order chi connectivity index (χ1) is 9.66. The average Bonchev–Trinajstić information content (AvgIpc) is 2.96. The lowest BCUT2D eigenvalue weighted by Crippen LogP contribution is -2.32. The maximum Gasteiger partial charge on any atom is 0.0914 e. The van der Waals surface area contributed by atoms with Crippen molar-refractivity contribution in [3.05, 3.63) is 35.4 Å². The van der Waals surface area contributed by atoms with Crippen LogP contribution in [-0.4, -0.2) is 42.7 Å². The molecule has 1 aliphatic rings. The molecule has 3 nitrogen and oxygen atoms in total. The van der Waals surface area contributed by atoms with Gasteiger partial charge in [-0.25, -0.2) is 0 Å². The summed E-state index contributed by atoms with van der Waals surface area (Å²) in [6.07, 6.45) is 2.27. The zero-order valence-corrected chi connectivity index (χ0v) is 12.8. The summed E-state index contributed by atoms with van der Waals surface area (Å²) >= 11 is 0. The SMILES string of the molecule is CC(C)c1ccc(C(O)CNCCN2CCCC2)cc1. The number of nitrogens with zero attached hydrogens (tertiary/aromatic N) is 1. The predicted molar refractivity (Wildman–Crippen MR) is 84.0 cm³/mol. The summed E-state index contributed by atoms with van der Waals surface area (Å²) in [5.41, 5.74) is 2.33. The van der Waals surface area contributed by atoms with Crippen LogP contribution in [-0.2, 0) is 0 Å². The van der Waals surface area contributed by atoms with Gasteiger partial charge in [0.25, 0.3) is 0 Å². The molecule has 0 spiro atoms. The van der Waals surface area contributed by atoms with E-state index < -0.39 is 6.10 Å². The molecule has 1 fully saturated rings. The number of hydrogen-bond donors (Lipinski definition) is 2. The zero-order chi connectivity index (χ0) is 14.4. The van der Waals surface area contributed by atoms with Crippen molar-refractivity contribution in [3.63, 3.8) is 0 Å². The van der Waals surface area contributed by atoms with E-state index in [9.17, 15) is 5.11 Å². The van der Waals surface area contributed by atoms with Crippen molar-refractivity contribution in [2.75, 3.05) is 32.7 Å². The molecule has 1 saturated heterocycles. The smallest absolute Gasteiger partial charge is 0.0914 e. The number of nitrogens with one attached hydrogen (secondary N) is 1. The second-order valence-corrected chi connectivity index (χ2v) is 6.09. The number of benzene rings is 1. The second kappa shape index (κ2) is 7.77. The van der Waals surface area contributed by atoms with E-state index in [0.29, 0.717) is 12.5 Å². The third kappa shape index (κ3) is 4.58. The number of aliphatic hydroxyl groups excluding tert-OH is 1. The molecule has 1 unspecified atom stereocenters. The van der Waals surface area contributed by atoms with Crippen molar-refractivity contribution in [3.8, 4) is 0 Å². The minimum Gasteiger partial charge on any atom is -0.387 e. The Morgan fingerprint density at radius 3 is 2.30 bits per heavy atom. The summed E-state index contributed by atoms with van der Waals surface area (Å²) in [5.74, 6) is 0.541. The molecule has 0 aliphatic carbocycles. The van der Waals surface area contributed by atoms with Gasteiger partial charge in [0.15, 0.2) is 0 Å². The molecule has 0 radical (unpaired) electrons. The van der Waals surface area contributed by atoms with Crippen LogP contribution in [0.4, 0.5) is 0 Å². The van der Waals surface area contributed by atoms with Crippen LogP contribution >= 0.6 is 0 Å². The zero-order valence-electron chi connectivity index (χ0n) is 12.8. The first-order valence-electron chi connectivity index (χ1n) is 7.88.